The molecule has 0 aliphatic carbocycles. The van der Waals surface area contributed by atoms with Crippen molar-refractivity contribution >= 4 is 17.8 Å². The van der Waals surface area contributed by atoms with Crippen LogP contribution >= 0.6 is 0 Å². The summed E-state index contributed by atoms with van der Waals surface area (Å²) in [6, 6.07) is 8.91. The highest BCUT2D eigenvalue weighted by Crippen LogP contribution is 2.24. The Labute approximate surface area is 143 Å². The third-order valence-electron chi connectivity index (χ3n) is 3.74. The number of amides is 2. The third kappa shape index (κ3) is 3.85. The van der Waals surface area contributed by atoms with Crippen molar-refractivity contribution in [3.8, 4) is 17.1 Å². The second-order valence-corrected chi connectivity index (χ2v) is 5.45. The van der Waals surface area contributed by atoms with E-state index < -0.39 is 5.97 Å². The Morgan fingerprint density at radius 3 is 2.72 bits per heavy atom. The van der Waals surface area contributed by atoms with Gasteiger partial charge in [-0.15, -0.1) is 0 Å². The highest BCUT2D eigenvalue weighted by Gasteiger charge is 2.30. The second kappa shape index (κ2) is 7.16. The van der Waals surface area contributed by atoms with E-state index in [1.807, 2.05) is 18.2 Å². The second-order valence-electron chi connectivity index (χ2n) is 5.45. The molecule has 0 spiro atoms. The standard InChI is InChI=1S/C17H16N2O6/c1-23-13-4-2-3-11(7-13)14-8-12(18-25-14)10-24-17(22)9-19-15(20)5-6-16(19)21/h2-4,7-8H,5-6,9-10H2,1H3. The van der Waals surface area contributed by atoms with Gasteiger partial charge in [-0.2, -0.15) is 0 Å². The van der Waals surface area contributed by atoms with Crippen LogP contribution in [0.25, 0.3) is 11.3 Å². The van der Waals surface area contributed by atoms with Crippen LogP contribution in [0.2, 0.25) is 0 Å². The van der Waals surface area contributed by atoms with Crippen LogP contribution in [0.4, 0.5) is 0 Å². The summed E-state index contributed by atoms with van der Waals surface area (Å²) >= 11 is 0. The van der Waals surface area contributed by atoms with Crippen LogP contribution in [0.3, 0.4) is 0 Å². The van der Waals surface area contributed by atoms with Crippen LogP contribution in [0.1, 0.15) is 18.5 Å². The maximum atomic E-state index is 11.8. The van der Waals surface area contributed by atoms with Crippen LogP contribution in [-0.4, -0.2) is 41.5 Å². The fourth-order valence-corrected chi connectivity index (χ4v) is 2.42. The molecule has 8 nitrogen and oxygen atoms in total. The molecule has 1 aliphatic rings. The fourth-order valence-electron chi connectivity index (χ4n) is 2.42. The molecule has 0 N–H and O–H groups in total. The van der Waals surface area contributed by atoms with E-state index in [2.05, 4.69) is 5.16 Å². The summed E-state index contributed by atoms with van der Waals surface area (Å²) in [6.07, 6.45) is 0.276. The van der Waals surface area contributed by atoms with Gasteiger partial charge in [0.05, 0.1) is 7.11 Å². The zero-order valence-electron chi connectivity index (χ0n) is 13.6. The summed E-state index contributed by atoms with van der Waals surface area (Å²) in [4.78, 5) is 35.6. The monoisotopic (exact) mass is 344 g/mol. The van der Waals surface area contributed by atoms with Crippen molar-refractivity contribution in [2.24, 2.45) is 0 Å². The molecular formula is C17H16N2O6. The Hall–Kier alpha value is -3.16. The minimum Gasteiger partial charge on any atom is -0.497 e. The first-order valence-electron chi connectivity index (χ1n) is 7.65. The molecule has 0 radical (unpaired) electrons. The summed E-state index contributed by atoms with van der Waals surface area (Å²) in [6.45, 7) is -0.485. The first kappa shape index (κ1) is 16.7. The maximum absolute atomic E-state index is 11.8. The average Bonchev–Trinajstić information content (AvgIpc) is 3.22. The Kier molecular flexibility index (Phi) is 4.78. The highest BCUT2D eigenvalue weighted by molar-refractivity contribution is 6.04. The number of hydrogen-bond donors (Lipinski definition) is 0. The molecule has 2 heterocycles. The number of hydrogen-bond acceptors (Lipinski definition) is 7. The number of likely N-dealkylation sites (tertiary alicyclic amines) is 1. The van der Waals surface area contributed by atoms with Crippen molar-refractivity contribution in [3.63, 3.8) is 0 Å². The lowest BCUT2D eigenvalue weighted by Crippen LogP contribution is -2.35. The van der Waals surface area contributed by atoms with Crippen molar-refractivity contribution in [1.29, 1.82) is 0 Å². The van der Waals surface area contributed by atoms with Crippen LogP contribution in [-0.2, 0) is 25.7 Å². The van der Waals surface area contributed by atoms with Gasteiger partial charge in [-0.1, -0.05) is 17.3 Å². The number of imide groups is 1. The van der Waals surface area contributed by atoms with Crippen LogP contribution < -0.4 is 4.74 Å². The molecule has 0 unspecified atom stereocenters. The molecule has 0 atom stereocenters. The number of carbonyl (C=O) groups excluding carboxylic acids is 3. The molecule has 8 heteroatoms. The summed E-state index contributed by atoms with van der Waals surface area (Å²) < 4.78 is 15.4. The first-order valence-corrected chi connectivity index (χ1v) is 7.65. The largest absolute Gasteiger partial charge is 0.497 e. The predicted molar refractivity (Wildman–Crippen MR) is 84.2 cm³/mol. The molecule has 25 heavy (non-hydrogen) atoms. The summed E-state index contributed by atoms with van der Waals surface area (Å²) in [5, 5.41) is 3.84. The van der Waals surface area contributed by atoms with Gasteiger partial charge in [0.25, 0.3) is 0 Å². The number of carbonyl (C=O) groups is 3. The van der Waals surface area contributed by atoms with E-state index in [0.29, 0.717) is 17.2 Å². The van der Waals surface area contributed by atoms with Crippen LogP contribution in [0, 0.1) is 0 Å². The van der Waals surface area contributed by atoms with Crippen molar-refractivity contribution in [3.05, 3.63) is 36.0 Å². The van der Waals surface area contributed by atoms with Crippen molar-refractivity contribution in [2.75, 3.05) is 13.7 Å². The van der Waals surface area contributed by atoms with E-state index in [1.165, 1.54) is 0 Å². The van der Waals surface area contributed by atoms with Gasteiger partial charge in [0.15, 0.2) is 5.76 Å². The van der Waals surface area contributed by atoms with E-state index in [1.54, 1.807) is 19.2 Å². The van der Waals surface area contributed by atoms with Crippen molar-refractivity contribution < 1.29 is 28.4 Å². The molecule has 130 valence electrons. The molecule has 1 aromatic heterocycles. The molecule has 0 bridgehead atoms. The molecule has 0 saturated carbocycles. The van der Waals surface area contributed by atoms with Crippen LogP contribution in [0.15, 0.2) is 34.9 Å². The quantitative estimate of drug-likeness (QED) is 0.579. The van der Waals surface area contributed by atoms with Gasteiger partial charge in [-0.25, -0.2) is 0 Å². The third-order valence-corrected chi connectivity index (χ3v) is 3.74. The van der Waals surface area contributed by atoms with Gasteiger partial charge in [0.1, 0.15) is 24.6 Å². The minimum atomic E-state index is -0.672. The summed E-state index contributed by atoms with van der Waals surface area (Å²) in [5.74, 6) is -0.196. The van der Waals surface area contributed by atoms with Gasteiger partial charge < -0.3 is 14.0 Å². The molecule has 1 aromatic carbocycles. The normalized spacial score (nSPS) is 14.0. The zero-order valence-corrected chi connectivity index (χ0v) is 13.6. The molecule has 2 amide bonds. The molecular weight excluding hydrogens is 328 g/mol. The molecule has 1 saturated heterocycles. The number of aromatic nitrogens is 1. The lowest BCUT2D eigenvalue weighted by atomic mass is 10.1. The lowest BCUT2D eigenvalue weighted by molar-refractivity contribution is -0.153. The molecule has 2 aromatic rings. The summed E-state index contributed by atoms with van der Waals surface area (Å²) in [7, 11) is 1.57. The van der Waals surface area contributed by atoms with E-state index in [-0.39, 0.29) is 37.8 Å². The molecule has 3 rings (SSSR count). The number of methoxy groups -OCH3 is 1. The Morgan fingerprint density at radius 1 is 1.24 bits per heavy atom. The maximum Gasteiger partial charge on any atom is 0.326 e. The smallest absolute Gasteiger partial charge is 0.326 e. The van der Waals surface area contributed by atoms with E-state index in [4.69, 9.17) is 14.0 Å². The number of rotatable bonds is 6. The molecule has 1 aliphatic heterocycles. The Balaban J connectivity index is 1.57. The van der Waals surface area contributed by atoms with E-state index in [9.17, 15) is 14.4 Å². The van der Waals surface area contributed by atoms with E-state index in [0.717, 1.165) is 10.5 Å². The number of ether oxygens (including phenoxy) is 2. The SMILES string of the molecule is COc1cccc(-c2cc(COC(=O)CN3C(=O)CCC3=O)no2)c1. The Bertz CT molecular complexity index is 797. The van der Waals surface area contributed by atoms with Crippen molar-refractivity contribution in [2.45, 2.75) is 19.4 Å². The predicted octanol–water partition coefficient (Wildman–Crippen LogP) is 1.54. The lowest BCUT2D eigenvalue weighted by Gasteiger charge is -2.12. The summed E-state index contributed by atoms with van der Waals surface area (Å²) in [5.41, 5.74) is 1.20. The van der Waals surface area contributed by atoms with Gasteiger partial charge in [-0.05, 0) is 12.1 Å². The van der Waals surface area contributed by atoms with Gasteiger partial charge in [-0.3, -0.25) is 19.3 Å². The Morgan fingerprint density at radius 2 is 2.00 bits per heavy atom. The zero-order chi connectivity index (χ0) is 17.8. The van der Waals surface area contributed by atoms with Gasteiger partial charge in [0, 0.05) is 24.5 Å². The minimum absolute atomic E-state index is 0.109. The number of esters is 1. The molecule has 1 fully saturated rings. The first-order chi connectivity index (χ1) is 12.1. The van der Waals surface area contributed by atoms with Gasteiger partial charge >= 0.3 is 5.97 Å². The number of benzene rings is 1. The topological polar surface area (TPSA) is 98.9 Å². The van der Waals surface area contributed by atoms with Crippen LogP contribution in [0.5, 0.6) is 5.75 Å². The van der Waals surface area contributed by atoms with Crippen molar-refractivity contribution in [1.82, 2.24) is 10.1 Å². The van der Waals surface area contributed by atoms with Gasteiger partial charge in [0.2, 0.25) is 11.8 Å². The number of nitrogens with zero attached hydrogens (tertiary/aromatic N) is 2. The highest BCUT2D eigenvalue weighted by atomic mass is 16.5. The average molecular weight is 344 g/mol. The fraction of sp³-hybridized carbons (Fsp3) is 0.294. The van der Waals surface area contributed by atoms with E-state index >= 15 is 0 Å².